The largest absolute Gasteiger partial charge is 0.493 e. The maximum absolute atomic E-state index is 13.5. The lowest BCUT2D eigenvalue weighted by Gasteiger charge is -2.27. The van der Waals surface area contributed by atoms with Gasteiger partial charge in [-0.1, -0.05) is 36.4 Å². The molecule has 0 amide bonds. The summed E-state index contributed by atoms with van der Waals surface area (Å²) in [6.07, 6.45) is 2.71. The zero-order valence-electron chi connectivity index (χ0n) is 18.4. The topological polar surface area (TPSA) is 78.9 Å². The summed E-state index contributed by atoms with van der Waals surface area (Å²) in [4.78, 5) is 39.4. The Morgan fingerprint density at radius 1 is 1.00 bits per heavy atom. The van der Waals surface area contributed by atoms with Gasteiger partial charge in [0.2, 0.25) is 0 Å². The fraction of sp³-hybridized carbons (Fsp3) is 0.320. The highest BCUT2D eigenvalue weighted by Crippen LogP contribution is 2.44. The third kappa shape index (κ3) is 4.38. The Balaban J connectivity index is 2.07. The molecule has 0 radical (unpaired) electrons. The quantitative estimate of drug-likeness (QED) is 0.300. The fourth-order valence-electron chi connectivity index (χ4n) is 3.55. The molecule has 0 heterocycles. The molecule has 2 aromatic carbocycles. The number of methoxy groups -OCH3 is 2. The predicted molar refractivity (Wildman–Crippen MR) is 116 cm³/mol. The van der Waals surface area contributed by atoms with E-state index in [-0.39, 0.29) is 12.2 Å². The van der Waals surface area contributed by atoms with E-state index in [0.29, 0.717) is 28.2 Å². The van der Waals surface area contributed by atoms with E-state index in [1.54, 1.807) is 63.2 Å². The van der Waals surface area contributed by atoms with Gasteiger partial charge in [-0.25, -0.2) is 0 Å². The number of hydrogen-bond acceptors (Lipinski definition) is 6. The van der Waals surface area contributed by atoms with Gasteiger partial charge in [0.1, 0.15) is 5.60 Å². The second-order valence-electron chi connectivity index (χ2n) is 8.41. The lowest BCUT2D eigenvalue weighted by Crippen LogP contribution is -2.41. The molecule has 0 saturated carbocycles. The highest BCUT2D eigenvalue weighted by atomic mass is 16.6. The standard InChI is InChI=1S/C25H26O6/c1-24(2,3)31-23(28)25(12-11-19(26)16-9-7-6-8-10-16)15-17-13-20(29-4)21(30-5)14-18(17)22(25)27/h6-14H,15H2,1-5H3/b12-11-/t25-/m1/s1. The van der Waals surface area contributed by atoms with Gasteiger partial charge < -0.3 is 14.2 Å². The Labute approximate surface area is 181 Å². The van der Waals surface area contributed by atoms with E-state index in [0.717, 1.165) is 0 Å². The van der Waals surface area contributed by atoms with Gasteiger partial charge in [-0.15, -0.1) is 0 Å². The van der Waals surface area contributed by atoms with Gasteiger partial charge in [-0.2, -0.15) is 0 Å². The first-order valence-corrected chi connectivity index (χ1v) is 9.93. The molecular formula is C25H26O6. The molecule has 0 aliphatic heterocycles. The normalized spacial score (nSPS) is 18.0. The van der Waals surface area contributed by atoms with Gasteiger partial charge in [0, 0.05) is 17.5 Å². The summed E-state index contributed by atoms with van der Waals surface area (Å²) in [6, 6.07) is 11.9. The Bertz CT molecular complexity index is 1050. The number of fused-ring (bicyclic) bond motifs is 1. The Morgan fingerprint density at radius 2 is 1.61 bits per heavy atom. The number of rotatable bonds is 6. The lowest BCUT2D eigenvalue weighted by atomic mass is 9.82. The first-order chi connectivity index (χ1) is 14.6. The number of benzene rings is 2. The van der Waals surface area contributed by atoms with E-state index in [1.165, 1.54) is 26.4 Å². The average molecular weight is 422 g/mol. The predicted octanol–water partition coefficient (Wildman–Crippen LogP) is 4.21. The highest BCUT2D eigenvalue weighted by molar-refractivity contribution is 6.18. The fourth-order valence-corrected chi connectivity index (χ4v) is 3.55. The Morgan fingerprint density at radius 3 is 2.19 bits per heavy atom. The van der Waals surface area contributed by atoms with Crippen LogP contribution in [0.15, 0.2) is 54.6 Å². The molecule has 0 N–H and O–H groups in total. The van der Waals surface area contributed by atoms with Crippen molar-refractivity contribution in [2.24, 2.45) is 5.41 Å². The highest BCUT2D eigenvalue weighted by Gasteiger charge is 2.52. The van der Waals surface area contributed by atoms with Crippen molar-refractivity contribution in [3.8, 4) is 11.5 Å². The number of Topliss-reactive ketones (excluding diaryl/α,β-unsaturated/α-hetero) is 1. The number of ether oxygens (including phenoxy) is 3. The molecule has 0 bridgehead atoms. The molecule has 0 spiro atoms. The minimum Gasteiger partial charge on any atom is -0.493 e. The minimum absolute atomic E-state index is 0.0645. The number of ketones is 2. The molecule has 2 aromatic rings. The molecule has 0 fully saturated rings. The second kappa shape index (κ2) is 8.38. The van der Waals surface area contributed by atoms with Crippen LogP contribution in [0.2, 0.25) is 0 Å². The van der Waals surface area contributed by atoms with Crippen molar-refractivity contribution in [1.29, 1.82) is 0 Å². The van der Waals surface area contributed by atoms with Crippen LogP contribution in [-0.2, 0) is 16.0 Å². The van der Waals surface area contributed by atoms with Crippen molar-refractivity contribution >= 4 is 17.5 Å². The average Bonchev–Trinajstić information content (AvgIpc) is 3.02. The number of esters is 1. The van der Waals surface area contributed by atoms with Crippen molar-refractivity contribution in [1.82, 2.24) is 0 Å². The monoisotopic (exact) mass is 422 g/mol. The summed E-state index contributed by atoms with van der Waals surface area (Å²) in [7, 11) is 2.98. The zero-order valence-corrected chi connectivity index (χ0v) is 18.4. The van der Waals surface area contributed by atoms with Gasteiger partial charge in [-0.3, -0.25) is 14.4 Å². The van der Waals surface area contributed by atoms with E-state index in [2.05, 4.69) is 0 Å². The summed E-state index contributed by atoms with van der Waals surface area (Å²) in [5, 5.41) is 0. The number of hydrogen-bond donors (Lipinski definition) is 0. The van der Waals surface area contributed by atoms with Gasteiger partial charge in [0.25, 0.3) is 0 Å². The van der Waals surface area contributed by atoms with Crippen molar-refractivity contribution in [3.05, 3.63) is 71.3 Å². The van der Waals surface area contributed by atoms with Gasteiger partial charge >= 0.3 is 5.97 Å². The first kappa shape index (κ1) is 22.3. The van der Waals surface area contributed by atoms with Crippen molar-refractivity contribution in [2.45, 2.75) is 32.8 Å². The van der Waals surface area contributed by atoms with Gasteiger partial charge in [0.05, 0.1) is 14.2 Å². The van der Waals surface area contributed by atoms with Crippen LogP contribution in [0.5, 0.6) is 11.5 Å². The van der Waals surface area contributed by atoms with Crippen LogP contribution in [0.25, 0.3) is 0 Å². The molecule has 1 atom stereocenters. The Hall–Kier alpha value is -3.41. The number of allylic oxidation sites excluding steroid dienone is 1. The molecule has 3 rings (SSSR count). The smallest absolute Gasteiger partial charge is 0.324 e. The summed E-state index contributed by atoms with van der Waals surface area (Å²) in [5.41, 5.74) is -1.00. The van der Waals surface area contributed by atoms with Gasteiger partial charge in [0.15, 0.2) is 28.5 Å². The maximum atomic E-state index is 13.5. The maximum Gasteiger partial charge on any atom is 0.324 e. The van der Waals surface area contributed by atoms with Crippen molar-refractivity contribution in [2.75, 3.05) is 14.2 Å². The van der Waals surface area contributed by atoms with Crippen molar-refractivity contribution < 1.29 is 28.6 Å². The van der Waals surface area contributed by atoms with E-state index < -0.39 is 22.8 Å². The minimum atomic E-state index is -1.64. The first-order valence-electron chi connectivity index (χ1n) is 9.93. The van der Waals surface area contributed by atoms with Crippen molar-refractivity contribution in [3.63, 3.8) is 0 Å². The third-order valence-corrected chi connectivity index (χ3v) is 5.07. The second-order valence-corrected chi connectivity index (χ2v) is 8.41. The third-order valence-electron chi connectivity index (χ3n) is 5.07. The van der Waals surface area contributed by atoms with Crippen LogP contribution in [-0.4, -0.2) is 37.4 Å². The van der Waals surface area contributed by atoms with Crippen LogP contribution in [0.4, 0.5) is 0 Å². The molecule has 1 aliphatic rings. The number of carbonyl (C=O) groups excluding carboxylic acids is 3. The zero-order chi connectivity index (χ0) is 22.8. The molecule has 6 heteroatoms. The molecule has 1 aliphatic carbocycles. The summed E-state index contributed by atoms with van der Waals surface area (Å²) in [5.74, 6) is -0.592. The van der Waals surface area contributed by atoms with Crippen LogP contribution in [0.1, 0.15) is 47.1 Å². The van der Waals surface area contributed by atoms with E-state index in [1.807, 2.05) is 0 Å². The van der Waals surface area contributed by atoms with Crippen LogP contribution in [0.3, 0.4) is 0 Å². The summed E-state index contributed by atoms with van der Waals surface area (Å²) >= 11 is 0. The summed E-state index contributed by atoms with van der Waals surface area (Å²) < 4.78 is 16.2. The Kier molecular flexibility index (Phi) is 6.02. The van der Waals surface area contributed by atoms with E-state index >= 15 is 0 Å². The molecule has 0 unspecified atom stereocenters. The summed E-state index contributed by atoms with van der Waals surface area (Å²) in [6.45, 7) is 5.20. The van der Waals surface area contributed by atoms with Gasteiger partial charge in [-0.05, 0) is 44.5 Å². The van der Waals surface area contributed by atoms with Crippen LogP contribution >= 0.6 is 0 Å². The number of carbonyl (C=O) groups is 3. The van der Waals surface area contributed by atoms with Crippen LogP contribution < -0.4 is 9.47 Å². The molecule has 6 nitrogen and oxygen atoms in total. The van der Waals surface area contributed by atoms with E-state index in [4.69, 9.17) is 14.2 Å². The van der Waals surface area contributed by atoms with E-state index in [9.17, 15) is 14.4 Å². The molecular weight excluding hydrogens is 396 g/mol. The SMILES string of the molecule is COc1cc2c(cc1OC)C(=O)[C@](/C=C\C(=O)c1ccccc1)(C(=O)OC(C)(C)C)C2. The molecule has 0 saturated heterocycles. The molecule has 0 aromatic heterocycles. The lowest BCUT2D eigenvalue weighted by molar-refractivity contribution is -0.161. The molecule has 31 heavy (non-hydrogen) atoms. The molecule has 162 valence electrons. The van der Waals surface area contributed by atoms with Crippen LogP contribution in [0, 0.1) is 5.41 Å².